The summed E-state index contributed by atoms with van der Waals surface area (Å²) in [6.45, 7) is 0. The highest BCUT2D eigenvalue weighted by Crippen LogP contribution is 2.67. The molecule has 12 heavy (non-hydrogen) atoms. The molecule has 3 aliphatic carbocycles. The molecule has 0 aromatic carbocycles. The Kier molecular flexibility index (Phi) is 1.16. The first-order chi connectivity index (χ1) is 5.79. The maximum absolute atomic E-state index is 10.0. The van der Waals surface area contributed by atoms with Crippen molar-refractivity contribution in [3.05, 3.63) is 12.2 Å². The monoisotopic (exact) mass is 164 g/mol. The van der Waals surface area contributed by atoms with Crippen molar-refractivity contribution in [3.8, 4) is 0 Å². The van der Waals surface area contributed by atoms with Crippen LogP contribution in [0.4, 0.5) is 0 Å². The Hall–Kier alpha value is -0.300. The zero-order chi connectivity index (χ0) is 8.23. The Morgan fingerprint density at radius 3 is 2.58 bits per heavy atom. The fourth-order valence-corrected chi connectivity index (χ4v) is 3.80. The molecule has 2 saturated carbocycles. The summed E-state index contributed by atoms with van der Waals surface area (Å²) in [5, 5.41) is 10.0. The van der Waals surface area contributed by atoms with Gasteiger partial charge in [0.25, 0.3) is 0 Å². The van der Waals surface area contributed by atoms with Crippen LogP contribution in [0, 0.1) is 10.8 Å². The van der Waals surface area contributed by atoms with Crippen LogP contribution in [0.15, 0.2) is 12.2 Å². The molecule has 0 aliphatic heterocycles. The fraction of sp³-hybridized carbons (Fsp3) is 0.818. The summed E-state index contributed by atoms with van der Waals surface area (Å²) in [6, 6.07) is 0. The van der Waals surface area contributed by atoms with Crippen molar-refractivity contribution >= 4 is 0 Å². The van der Waals surface area contributed by atoms with Crippen LogP contribution in [0.1, 0.15) is 38.5 Å². The number of rotatable bonds is 0. The van der Waals surface area contributed by atoms with Crippen molar-refractivity contribution in [1.82, 2.24) is 0 Å². The van der Waals surface area contributed by atoms with Gasteiger partial charge in [0, 0.05) is 5.41 Å². The summed E-state index contributed by atoms with van der Waals surface area (Å²) in [5.74, 6) is 0. The number of hydrogen-bond acceptors (Lipinski definition) is 1. The second-order valence-electron chi connectivity index (χ2n) is 4.79. The lowest BCUT2D eigenvalue weighted by Gasteiger charge is -2.55. The predicted octanol–water partition coefficient (Wildman–Crippen LogP) is 2.26. The van der Waals surface area contributed by atoms with E-state index in [1.54, 1.807) is 0 Å². The van der Waals surface area contributed by atoms with Crippen LogP contribution in [-0.2, 0) is 0 Å². The predicted molar refractivity (Wildman–Crippen MR) is 47.7 cm³/mol. The highest BCUT2D eigenvalue weighted by atomic mass is 16.3. The molecule has 0 aromatic rings. The standard InChI is InChI=1S/C11H16O/c12-9-3-1-4-10-5-2-6-11(9,10)8-7-10/h7-9,12H,1-6H2/t9-,10+,11+/m1/s1. The molecule has 3 rings (SSSR count). The zero-order valence-corrected chi connectivity index (χ0v) is 7.42. The minimum absolute atomic E-state index is 0.0289. The van der Waals surface area contributed by atoms with Gasteiger partial charge in [-0.25, -0.2) is 0 Å². The Morgan fingerprint density at radius 1 is 1.08 bits per heavy atom. The van der Waals surface area contributed by atoms with E-state index in [2.05, 4.69) is 12.2 Å². The van der Waals surface area contributed by atoms with Crippen LogP contribution in [0.2, 0.25) is 0 Å². The first-order valence-electron chi connectivity index (χ1n) is 5.18. The van der Waals surface area contributed by atoms with E-state index in [1.165, 1.54) is 32.1 Å². The lowest BCUT2D eigenvalue weighted by atomic mass is 9.50. The molecule has 66 valence electrons. The van der Waals surface area contributed by atoms with E-state index >= 15 is 0 Å². The van der Waals surface area contributed by atoms with E-state index in [4.69, 9.17) is 0 Å². The van der Waals surface area contributed by atoms with Gasteiger partial charge in [-0.15, -0.1) is 0 Å². The number of hydrogen-bond donors (Lipinski definition) is 1. The summed E-state index contributed by atoms with van der Waals surface area (Å²) < 4.78 is 0. The molecule has 1 nitrogen and oxygen atoms in total. The van der Waals surface area contributed by atoms with Gasteiger partial charge in [0.2, 0.25) is 0 Å². The van der Waals surface area contributed by atoms with E-state index in [1.807, 2.05) is 0 Å². The van der Waals surface area contributed by atoms with Gasteiger partial charge in [-0.3, -0.25) is 0 Å². The van der Waals surface area contributed by atoms with Crippen molar-refractivity contribution in [1.29, 1.82) is 0 Å². The molecule has 0 spiro atoms. The second kappa shape index (κ2) is 1.95. The Bertz CT molecular complexity index is 245. The third kappa shape index (κ3) is 0.545. The molecule has 0 aromatic heterocycles. The van der Waals surface area contributed by atoms with Crippen molar-refractivity contribution in [2.75, 3.05) is 0 Å². The Morgan fingerprint density at radius 2 is 1.92 bits per heavy atom. The maximum Gasteiger partial charge on any atom is 0.0639 e. The highest BCUT2D eigenvalue weighted by Gasteiger charge is 2.61. The molecule has 0 saturated heterocycles. The van der Waals surface area contributed by atoms with Crippen LogP contribution in [-0.4, -0.2) is 11.2 Å². The van der Waals surface area contributed by atoms with Gasteiger partial charge in [0.05, 0.1) is 6.10 Å². The maximum atomic E-state index is 10.0. The summed E-state index contributed by atoms with van der Waals surface area (Å²) in [4.78, 5) is 0. The summed E-state index contributed by atoms with van der Waals surface area (Å²) >= 11 is 0. The molecule has 0 heterocycles. The van der Waals surface area contributed by atoms with Crippen molar-refractivity contribution < 1.29 is 5.11 Å². The smallest absolute Gasteiger partial charge is 0.0639 e. The van der Waals surface area contributed by atoms with Gasteiger partial charge < -0.3 is 5.11 Å². The van der Waals surface area contributed by atoms with Gasteiger partial charge in [-0.2, -0.15) is 0 Å². The number of allylic oxidation sites excluding steroid dienone is 1. The quantitative estimate of drug-likeness (QED) is 0.544. The van der Waals surface area contributed by atoms with Crippen LogP contribution in [0.5, 0.6) is 0 Å². The minimum Gasteiger partial charge on any atom is -0.392 e. The molecule has 1 heteroatoms. The van der Waals surface area contributed by atoms with E-state index in [0.717, 1.165) is 6.42 Å². The van der Waals surface area contributed by atoms with Gasteiger partial charge in [0.1, 0.15) is 0 Å². The van der Waals surface area contributed by atoms with E-state index < -0.39 is 0 Å². The van der Waals surface area contributed by atoms with E-state index in [-0.39, 0.29) is 11.5 Å². The molecule has 0 amide bonds. The van der Waals surface area contributed by atoms with E-state index in [0.29, 0.717) is 5.41 Å². The average Bonchev–Trinajstić information content (AvgIpc) is 2.31. The van der Waals surface area contributed by atoms with Crippen LogP contribution >= 0.6 is 0 Å². The van der Waals surface area contributed by atoms with Crippen molar-refractivity contribution in [3.63, 3.8) is 0 Å². The number of aliphatic hydroxyl groups excluding tert-OH is 1. The molecule has 1 N–H and O–H groups in total. The molecule has 3 aliphatic rings. The normalized spacial score (nSPS) is 55.9. The molecule has 0 bridgehead atoms. The molecular weight excluding hydrogens is 148 g/mol. The van der Waals surface area contributed by atoms with Gasteiger partial charge >= 0.3 is 0 Å². The largest absolute Gasteiger partial charge is 0.392 e. The van der Waals surface area contributed by atoms with Gasteiger partial charge in [-0.05, 0) is 37.5 Å². The third-order valence-corrected chi connectivity index (χ3v) is 4.54. The van der Waals surface area contributed by atoms with Crippen molar-refractivity contribution in [2.45, 2.75) is 44.6 Å². The molecular formula is C11H16O. The molecule has 2 fully saturated rings. The van der Waals surface area contributed by atoms with E-state index in [9.17, 15) is 5.11 Å². The zero-order valence-electron chi connectivity index (χ0n) is 7.42. The minimum atomic E-state index is -0.0289. The highest BCUT2D eigenvalue weighted by molar-refractivity contribution is 5.32. The number of aliphatic hydroxyl groups is 1. The fourth-order valence-electron chi connectivity index (χ4n) is 3.80. The lowest BCUT2D eigenvalue weighted by Crippen LogP contribution is -2.52. The second-order valence-corrected chi connectivity index (χ2v) is 4.79. The molecule has 3 atom stereocenters. The van der Waals surface area contributed by atoms with Crippen molar-refractivity contribution in [2.24, 2.45) is 10.8 Å². The van der Waals surface area contributed by atoms with Crippen LogP contribution in [0.3, 0.4) is 0 Å². The SMILES string of the molecule is O[C@@H]1CCC[C@]23C=C[C@@]12CCC3. The average molecular weight is 164 g/mol. The first-order valence-corrected chi connectivity index (χ1v) is 5.18. The lowest BCUT2D eigenvalue weighted by molar-refractivity contribution is -0.0575. The topological polar surface area (TPSA) is 20.2 Å². The molecule has 0 radical (unpaired) electrons. The summed E-state index contributed by atoms with van der Waals surface area (Å²) in [7, 11) is 0. The first kappa shape index (κ1) is 7.14. The summed E-state index contributed by atoms with van der Waals surface area (Å²) in [6.07, 6.45) is 12.1. The molecule has 0 unspecified atom stereocenters. The van der Waals surface area contributed by atoms with Crippen LogP contribution in [0.25, 0.3) is 0 Å². The van der Waals surface area contributed by atoms with Gasteiger partial charge in [0.15, 0.2) is 0 Å². The van der Waals surface area contributed by atoms with Crippen LogP contribution < -0.4 is 0 Å². The summed E-state index contributed by atoms with van der Waals surface area (Å²) in [5.41, 5.74) is 0.690. The Labute approximate surface area is 73.5 Å². The van der Waals surface area contributed by atoms with Gasteiger partial charge in [-0.1, -0.05) is 18.6 Å². The third-order valence-electron chi connectivity index (χ3n) is 4.54. The Balaban J connectivity index is 2.06.